The number of nitrogens with zero attached hydrogens (tertiary/aromatic N) is 2. The Balaban J connectivity index is 2.25. The predicted octanol–water partition coefficient (Wildman–Crippen LogP) is 3.24. The van der Waals surface area contributed by atoms with Gasteiger partial charge in [0.2, 0.25) is 0 Å². The number of rotatable bonds is 5. The summed E-state index contributed by atoms with van der Waals surface area (Å²) in [6, 6.07) is 10.9. The Bertz CT molecular complexity index is 644. The van der Waals surface area contributed by atoms with Crippen molar-refractivity contribution in [1.82, 2.24) is 9.88 Å². The van der Waals surface area contributed by atoms with Crippen LogP contribution in [0, 0.1) is 0 Å². The molecule has 0 fully saturated rings. The molecule has 0 saturated carbocycles. The van der Waals surface area contributed by atoms with Crippen molar-refractivity contribution in [2.24, 2.45) is 0 Å². The lowest BCUT2D eigenvalue weighted by atomic mass is 10.1. The minimum atomic E-state index is -0.439. The third-order valence-electron chi connectivity index (χ3n) is 3.39. The molecule has 116 valence electrons. The molecule has 0 radical (unpaired) electrons. The molecule has 0 spiro atoms. The molecule has 2 rings (SSSR count). The molecule has 22 heavy (non-hydrogen) atoms. The third-order valence-corrected chi connectivity index (χ3v) is 3.72. The van der Waals surface area contributed by atoms with E-state index < -0.39 is 6.10 Å². The van der Waals surface area contributed by atoms with E-state index in [2.05, 4.69) is 4.98 Å². The van der Waals surface area contributed by atoms with E-state index in [0.29, 0.717) is 23.6 Å². The topological polar surface area (TPSA) is 53.4 Å². The Hall–Kier alpha value is -1.91. The first-order valence-corrected chi connectivity index (χ1v) is 7.51. The summed E-state index contributed by atoms with van der Waals surface area (Å²) in [6.07, 6.45) is 1.80. The molecule has 0 bridgehead atoms. The molecule has 1 amide bonds. The van der Waals surface area contributed by atoms with Crippen LogP contribution >= 0.6 is 11.6 Å². The van der Waals surface area contributed by atoms with E-state index in [4.69, 9.17) is 11.6 Å². The van der Waals surface area contributed by atoms with Crippen LogP contribution in [-0.4, -0.2) is 40.6 Å². The highest BCUT2D eigenvalue weighted by atomic mass is 35.5. The van der Waals surface area contributed by atoms with Crippen LogP contribution in [-0.2, 0) is 0 Å². The first kappa shape index (κ1) is 16.5. The van der Waals surface area contributed by atoms with Crippen molar-refractivity contribution in [2.75, 3.05) is 13.6 Å². The molecule has 5 heteroatoms. The van der Waals surface area contributed by atoms with Gasteiger partial charge in [0.1, 0.15) is 0 Å². The molecule has 0 saturated heterocycles. The van der Waals surface area contributed by atoms with E-state index in [0.717, 1.165) is 11.3 Å². The maximum Gasteiger partial charge on any atom is 0.255 e. The molecule has 1 unspecified atom stereocenters. The van der Waals surface area contributed by atoms with E-state index in [9.17, 15) is 9.90 Å². The third kappa shape index (κ3) is 4.06. The minimum absolute atomic E-state index is 0.163. The number of hydrogen-bond acceptors (Lipinski definition) is 3. The highest BCUT2D eigenvalue weighted by molar-refractivity contribution is 6.34. The van der Waals surface area contributed by atoms with Crippen molar-refractivity contribution < 1.29 is 9.90 Å². The lowest BCUT2D eigenvalue weighted by Crippen LogP contribution is -2.29. The summed E-state index contributed by atoms with van der Waals surface area (Å²) in [5.74, 6) is -0.163. The fourth-order valence-electron chi connectivity index (χ4n) is 2.07. The van der Waals surface area contributed by atoms with Gasteiger partial charge in [-0.1, -0.05) is 23.7 Å². The van der Waals surface area contributed by atoms with E-state index in [1.54, 1.807) is 37.2 Å². The van der Waals surface area contributed by atoms with Crippen molar-refractivity contribution >= 4 is 17.5 Å². The molecule has 1 aromatic carbocycles. The number of hydrogen-bond donors (Lipinski definition) is 1. The molecule has 4 nitrogen and oxygen atoms in total. The Labute approximate surface area is 135 Å². The summed E-state index contributed by atoms with van der Waals surface area (Å²) in [4.78, 5) is 18.3. The smallest absolute Gasteiger partial charge is 0.255 e. The van der Waals surface area contributed by atoms with Crippen LogP contribution in [0.3, 0.4) is 0 Å². The van der Waals surface area contributed by atoms with E-state index in [1.807, 2.05) is 24.3 Å². The number of pyridine rings is 1. The van der Waals surface area contributed by atoms with Gasteiger partial charge in [0.05, 0.1) is 22.4 Å². The van der Waals surface area contributed by atoms with Crippen molar-refractivity contribution in [1.29, 1.82) is 0 Å². The number of benzene rings is 1. The van der Waals surface area contributed by atoms with E-state index >= 15 is 0 Å². The molecule has 1 heterocycles. The highest BCUT2D eigenvalue weighted by Crippen LogP contribution is 2.24. The van der Waals surface area contributed by atoms with Gasteiger partial charge in [-0.25, -0.2) is 0 Å². The van der Waals surface area contributed by atoms with E-state index in [-0.39, 0.29) is 5.91 Å². The zero-order valence-electron chi connectivity index (χ0n) is 12.7. The van der Waals surface area contributed by atoms with Crippen molar-refractivity contribution in [2.45, 2.75) is 19.4 Å². The Kier molecular flexibility index (Phi) is 5.52. The lowest BCUT2D eigenvalue weighted by Gasteiger charge is -2.19. The van der Waals surface area contributed by atoms with Gasteiger partial charge < -0.3 is 10.0 Å². The predicted molar refractivity (Wildman–Crippen MR) is 87.9 cm³/mol. The van der Waals surface area contributed by atoms with Gasteiger partial charge in [-0.15, -0.1) is 0 Å². The summed E-state index contributed by atoms with van der Waals surface area (Å²) in [6.45, 7) is 2.17. The summed E-state index contributed by atoms with van der Waals surface area (Å²) in [5.41, 5.74) is 2.08. The molecule has 0 aliphatic carbocycles. The molecule has 0 aliphatic rings. The summed E-state index contributed by atoms with van der Waals surface area (Å²) >= 11 is 6.17. The highest BCUT2D eigenvalue weighted by Gasteiger charge is 2.16. The fourth-order valence-corrected chi connectivity index (χ4v) is 2.27. The van der Waals surface area contributed by atoms with Gasteiger partial charge in [-0.2, -0.15) is 0 Å². The molecule has 1 aromatic heterocycles. The van der Waals surface area contributed by atoms with Crippen molar-refractivity contribution in [3.8, 4) is 11.3 Å². The monoisotopic (exact) mass is 318 g/mol. The maximum absolute atomic E-state index is 12.5. The number of amides is 1. The number of aliphatic hydroxyl groups is 1. The molecular weight excluding hydrogens is 300 g/mol. The largest absolute Gasteiger partial charge is 0.393 e. The number of aromatic nitrogens is 1. The second kappa shape index (κ2) is 7.38. The molecular formula is C17H19ClN2O2. The fraction of sp³-hybridized carbons (Fsp3) is 0.294. The first-order valence-electron chi connectivity index (χ1n) is 7.13. The van der Waals surface area contributed by atoms with Crippen LogP contribution in [0.15, 0.2) is 42.6 Å². The standard InChI is InChI=1S/C17H19ClN2O2/c1-12(21)8-10-20(2)17(22)14-11-13(6-7-15(14)18)16-5-3-4-9-19-16/h3-7,9,11-12,21H,8,10H2,1-2H3. The lowest BCUT2D eigenvalue weighted by molar-refractivity contribution is 0.0769. The van der Waals surface area contributed by atoms with Gasteiger partial charge in [-0.05, 0) is 37.6 Å². The minimum Gasteiger partial charge on any atom is -0.393 e. The summed E-state index contributed by atoms with van der Waals surface area (Å²) < 4.78 is 0. The Morgan fingerprint density at radius 3 is 2.77 bits per heavy atom. The Morgan fingerprint density at radius 1 is 1.36 bits per heavy atom. The van der Waals surface area contributed by atoms with Crippen LogP contribution in [0.25, 0.3) is 11.3 Å². The van der Waals surface area contributed by atoms with Gasteiger partial charge in [0.15, 0.2) is 0 Å². The van der Waals surface area contributed by atoms with E-state index in [1.165, 1.54) is 0 Å². The van der Waals surface area contributed by atoms with Crippen LogP contribution in [0.1, 0.15) is 23.7 Å². The van der Waals surface area contributed by atoms with Crippen molar-refractivity contribution in [3.63, 3.8) is 0 Å². The molecule has 2 aromatic rings. The zero-order valence-corrected chi connectivity index (χ0v) is 13.4. The number of aliphatic hydroxyl groups excluding tert-OH is 1. The second-order valence-electron chi connectivity index (χ2n) is 5.27. The Morgan fingerprint density at radius 2 is 2.14 bits per heavy atom. The summed E-state index contributed by atoms with van der Waals surface area (Å²) in [7, 11) is 1.70. The van der Waals surface area contributed by atoms with Crippen LogP contribution in [0.5, 0.6) is 0 Å². The van der Waals surface area contributed by atoms with Crippen LogP contribution in [0.2, 0.25) is 5.02 Å². The molecule has 0 aliphatic heterocycles. The summed E-state index contributed by atoms with van der Waals surface area (Å²) in [5, 5.41) is 9.74. The zero-order chi connectivity index (χ0) is 16.1. The average Bonchev–Trinajstić information content (AvgIpc) is 2.53. The van der Waals surface area contributed by atoms with Gasteiger partial charge in [0.25, 0.3) is 5.91 Å². The van der Waals surface area contributed by atoms with Gasteiger partial charge in [-0.3, -0.25) is 9.78 Å². The maximum atomic E-state index is 12.5. The number of halogens is 1. The van der Waals surface area contributed by atoms with Crippen LogP contribution in [0.4, 0.5) is 0 Å². The van der Waals surface area contributed by atoms with Gasteiger partial charge >= 0.3 is 0 Å². The first-order chi connectivity index (χ1) is 10.5. The SMILES string of the molecule is CC(O)CCN(C)C(=O)c1cc(-c2ccccn2)ccc1Cl. The van der Waals surface area contributed by atoms with Crippen LogP contribution < -0.4 is 0 Å². The normalized spacial score (nSPS) is 12.0. The quantitative estimate of drug-likeness (QED) is 0.920. The number of carbonyl (C=O) groups excluding carboxylic acids is 1. The number of carbonyl (C=O) groups is 1. The van der Waals surface area contributed by atoms with Crippen molar-refractivity contribution in [3.05, 3.63) is 53.2 Å². The average molecular weight is 319 g/mol. The second-order valence-corrected chi connectivity index (χ2v) is 5.68. The van der Waals surface area contributed by atoms with Gasteiger partial charge in [0, 0.05) is 25.4 Å². The molecule has 1 N–H and O–H groups in total. The molecule has 1 atom stereocenters.